The molecule has 3 rings (SSSR count). The smallest absolute Gasteiger partial charge is 0.309 e. The predicted molar refractivity (Wildman–Crippen MR) is 95.0 cm³/mol. The molecule has 0 radical (unpaired) electrons. The van der Waals surface area contributed by atoms with Crippen LogP contribution in [0.3, 0.4) is 0 Å². The van der Waals surface area contributed by atoms with Gasteiger partial charge in [-0.05, 0) is 36.6 Å². The molecule has 1 heterocycles. The lowest BCUT2D eigenvalue weighted by Crippen LogP contribution is -2.51. The number of benzene rings is 1. The van der Waals surface area contributed by atoms with Gasteiger partial charge in [-0.1, -0.05) is 18.5 Å². The third-order valence-corrected chi connectivity index (χ3v) is 6.96. The molecule has 0 spiro atoms. The molecule has 9 heteroatoms. The second-order valence-corrected chi connectivity index (χ2v) is 9.04. The molecule has 7 nitrogen and oxygen atoms in total. The summed E-state index contributed by atoms with van der Waals surface area (Å²) >= 11 is 5.80. The maximum Gasteiger partial charge on any atom is 0.309 e. The third kappa shape index (κ3) is 4.19. The summed E-state index contributed by atoms with van der Waals surface area (Å²) in [5.41, 5.74) is 0. The number of amides is 1. The van der Waals surface area contributed by atoms with Gasteiger partial charge >= 0.3 is 5.97 Å². The van der Waals surface area contributed by atoms with Gasteiger partial charge < -0.3 is 9.64 Å². The molecule has 1 amide bonds. The van der Waals surface area contributed by atoms with Crippen molar-refractivity contribution in [2.45, 2.75) is 18.2 Å². The molecule has 1 aromatic rings. The van der Waals surface area contributed by atoms with Crippen molar-refractivity contribution in [2.24, 2.45) is 11.8 Å². The van der Waals surface area contributed by atoms with Crippen molar-refractivity contribution < 1.29 is 22.7 Å². The molecule has 2 fully saturated rings. The van der Waals surface area contributed by atoms with Crippen molar-refractivity contribution in [3.63, 3.8) is 0 Å². The van der Waals surface area contributed by atoms with Gasteiger partial charge in [-0.15, -0.1) is 0 Å². The van der Waals surface area contributed by atoms with Crippen LogP contribution in [-0.2, 0) is 24.3 Å². The Labute approximate surface area is 157 Å². The van der Waals surface area contributed by atoms with Crippen LogP contribution in [0.15, 0.2) is 29.2 Å². The van der Waals surface area contributed by atoms with Crippen LogP contribution in [0.4, 0.5) is 0 Å². The van der Waals surface area contributed by atoms with Gasteiger partial charge in [0.05, 0.1) is 10.8 Å². The van der Waals surface area contributed by atoms with E-state index in [1.54, 1.807) is 0 Å². The van der Waals surface area contributed by atoms with Crippen molar-refractivity contribution in [1.29, 1.82) is 0 Å². The van der Waals surface area contributed by atoms with Crippen LogP contribution in [0.2, 0.25) is 5.02 Å². The second-order valence-electron chi connectivity index (χ2n) is 6.67. The molecule has 0 bridgehead atoms. The Morgan fingerprint density at radius 3 is 2.27 bits per heavy atom. The number of carbonyl (C=O) groups excluding carboxylic acids is 2. The van der Waals surface area contributed by atoms with Gasteiger partial charge in [-0.3, -0.25) is 9.59 Å². The number of halogens is 1. The van der Waals surface area contributed by atoms with E-state index in [1.165, 1.54) is 33.5 Å². The normalized spacial score (nSPS) is 23.5. The molecule has 2 aliphatic rings. The first-order chi connectivity index (χ1) is 12.3. The monoisotopic (exact) mass is 400 g/mol. The number of hydrogen-bond acceptors (Lipinski definition) is 5. The molecule has 1 saturated carbocycles. The van der Waals surface area contributed by atoms with Crippen LogP contribution in [0.5, 0.6) is 0 Å². The maximum atomic E-state index is 12.6. The molecule has 0 aromatic heterocycles. The Hall–Kier alpha value is -1.64. The first-order valence-corrected chi connectivity index (χ1v) is 10.3. The average molecular weight is 401 g/mol. The molecular formula is C17H21ClN2O5S. The molecule has 26 heavy (non-hydrogen) atoms. The minimum Gasteiger partial charge on any atom is -0.455 e. The Bertz CT molecular complexity index is 788. The highest BCUT2D eigenvalue weighted by molar-refractivity contribution is 7.89. The Kier molecular flexibility index (Phi) is 5.55. The minimum atomic E-state index is -3.61. The standard InChI is InChI=1S/C17H21ClN2O5S/c1-12-10-15(12)17(22)25-11-16(21)19-6-8-20(9-7-19)26(23,24)14-4-2-13(18)3-5-14/h2-5,12,15H,6-11H2,1H3/t12-,15-/m0/s1. The number of hydrogen-bond donors (Lipinski definition) is 0. The highest BCUT2D eigenvalue weighted by atomic mass is 35.5. The Balaban J connectivity index is 1.51. The number of rotatable bonds is 5. The van der Waals surface area contributed by atoms with E-state index in [1.807, 2.05) is 6.92 Å². The van der Waals surface area contributed by atoms with E-state index >= 15 is 0 Å². The van der Waals surface area contributed by atoms with E-state index in [2.05, 4.69) is 0 Å². The lowest BCUT2D eigenvalue weighted by molar-refractivity contribution is -0.153. The second kappa shape index (κ2) is 7.54. The number of carbonyl (C=O) groups is 2. The molecule has 1 aliphatic heterocycles. The number of esters is 1. The largest absolute Gasteiger partial charge is 0.455 e. The highest BCUT2D eigenvalue weighted by Crippen LogP contribution is 2.38. The molecule has 0 unspecified atom stereocenters. The molecule has 1 saturated heterocycles. The number of sulfonamides is 1. The zero-order chi connectivity index (χ0) is 18.9. The van der Waals surface area contributed by atoms with Crippen molar-refractivity contribution in [3.8, 4) is 0 Å². The minimum absolute atomic E-state index is 0.0795. The molecule has 0 N–H and O–H groups in total. The molecular weight excluding hydrogens is 380 g/mol. The molecule has 142 valence electrons. The summed E-state index contributed by atoms with van der Waals surface area (Å²) in [5, 5.41) is 0.467. The van der Waals surface area contributed by atoms with Crippen molar-refractivity contribution in [1.82, 2.24) is 9.21 Å². The lowest BCUT2D eigenvalue weighted by atomic mass is 10.3. The van der Waals surface area contributed by atoms with Crippen LogP contribution in [0.25, 0.3) is 0 Å². The van der Waals surface area contributed by atoms with E-state index in [9.17, 15) is 18.0 Å². The highest BCUT2D eigenvalue weighted by Gasteiger charge is 2.41. The zero-order valence-corrected chi connectivity index (χ0v) is 16.0. The number of piperazine rings is 1. The van der Waals surface area contributed by atoms with E-state index < -0.39 is 10.0 Å². The van der Waals surface area contributed by atoms with Gasteiger partial charge in [0.2, 0.25) is 10.0 Å². The van der Waals surface area contributed by atoms with Gasteiger partial charge in [0, 0.05) is 31.2 Å². The number of ether oxygens (including phenoxy) is 1. The van der Waals surface area contributed by atoms with E-state index in [4.69, 9.17) is 16.3 Å². The SMILES string of the molecule is C[C@H]1C[C@@H]1C(=O)OCC(=O)N1CCN(S(=O)(=O)c2ccc(Cl)cc2)CC1. The van der Waals surface area contributed by atoms with Crippen LogP contribution in [0.1, 0.15) is 13.3 Å². The van der Waals surface area contributed by atoms with Crippen molar-refractivity contribution >= 4 is 33.5 Å². The predicted octanol–water partition coefficient (Wildman–Crippen LogP) is 1.37. The van der Waals surface area contributed by atoms with Gasteiger partial charge in [0.1, 0.15) is 0 Å². The first-order valence-electron chi connectivity index (χ1n) is 8.49. The first kappa shape index (κ1) is 19.1. The summed E-state index contributed by atoms with van der Waals surface area (Å²) in [4.78, 5) is 25.5. The van der Waals surface area contributed by atoms with Gasteiger partial charge in [0.25, 0.3) is 5.91 Å². The van der Waals surface area contributed by atoms with Gasteiger partial charge in [0.15, 0.2) is 6.61 Å². The fourth-order valence-corrected chi connectivity index (χ4v) is 4.46. The van der Waals surface area contributed by atoms with Crippen molar-refractivity contribution in [3.05, 3.63) is 29.3 Å². The fourth-order valence-electron chi connectivity index (χ4n) is 2.92. The van der Waals surface area contributed by atoms with Gasteiger partial charge in [-0.2, -0.15) is 4.31 Å². The van der Waals surface area contributed by atoms with E-state index in [0.717, 1.165) is 6.42 Å². The topological polar surface area (TPSA) is 84.0 Å². The van der Waals surface area contributed by atoms with Crippen LogP contribution in [-0.4, -0.2) is 62.3 Å². The fraction of sp³-hybridized carbons (Fsp3) is 0.529. The summed E-state index contributed by atoms with van der Waals surface area (Å²) < 4.78 is 31.6. The van der Waals surface area contributed by atoms with E-state index in [0.29, 0.717) is 10.9 Å². The van der Waals surface area contributed by atoms with Crippen molar-refractivity contribution in [2.75, 3.05) is 32.8 Å². The summed E-state index contributed by atoms with van der Waals surface area (Å²) in [5.74, 6) is -0.367. The molecule has 1 aromatic carbocycles. The summed E-state index contributed by atoms with van der Waals surface area (Å²) in [6.07, 6.45) is 0.814. The molecule has 1 aliphatic carbocycles. The van der Waals surface area contributed by atoms with Crippen LogP contribution in [0, 0.1) is 11.8 Å². The Morgan fingerprint density at radius 2 is 1.73 bits per heavy atom. The van der Waals surface area contributed by atoms with Crippen LogP contribution < -0.4 is 0 Å². The summed E-state index contributed by atoms with van der Waals surface area (Å²) in [6.45, 7) is 2.61. The maximum absolute atomic E-state index is 12.6. The third-order valence-electron chi connectivity index (χ3n) is 4.79. The zero-order valence-electron chi connectivity index (χ0n) is 14.4. The average Bonchev–Trinajstić information content (AvgIpc) is 3.36. The lowest BCUT2D eigenvalue weighted by Gasteiger charge is -2.33. The Morgan fingerprint density at radius 1 is 1.15 bits per heavy atom. The molecule has 2 atom stereocenters. The van der Waals surface area contributed by atoms with Crippen LogP contribution >= 0.6 is 11.6 Å². The summed E-state index contributed by atoms with van der Waals surface area (Å²) in [7, 11) is -3.61. The van der Waals surface area contributed by atoms with Gasteiger partial charge in [-0.25, -0.2) is 8.42 Å². The quantitative estimate of drug-likeness (QED) is 0.697. The number of nitrogens with zero attached hydrogens (tertiary/aromatic N) is 2. The van der Waals surface area contributed by atoms with E-state index in [-0.39, 0.29) is 55.5 Å². The summed E-state index contributed by atoms with van der Waals surface area (Å²) in [6, 6.07) is 5.99.